The predicted molar refractivity (Wildman–Crippen MR) is 67.8 cm³/mol. The van der Waals surface area contributed by atoms with Crippen LogP contribution in [0.1, 0.15) is 5.56 Å². The summed E-state index contributed by atoms with van der Waals surface area (Å²) in [6.07, 6.45) is -1.13. The number of hydrogen-bond acceptors (Lipinski definition) is 5. The summed E-state index contributed by atoms with van der Waals surface area (Å²) in [6, 6.07) is 5.25. The van der Waals surface area contributed by atoms with E-state index in [0.29, 0.717) is 5.56 Å². The molecule has 0 saturated carbocycles. The minimum atomic E-state index is -1.38. The van der Waals surface area contributed by atoms with Crippen LogP contribution in [0.25, 0.3) is 0 Å². The van der Waals surface area contributed by atoms with Crippen molar-refractivity contribution < 1.29 is 23.7 Å². The molecule has 0 spiro atoms. The summed E-state index contributed by atoms with van der Waals surface area (Å²) in [5.74, 6) is -1.14. The average Bonchev–Trinajstić information content (AvgIpc) is 2.41. The second-order valence-electron chi connectivity index (χ2n) is 3.93. The number of nitrogens with one attached hydrogen (secondary N) is 1. The molecule has 5 nitrogen and oxygen atoms in total. The largest absolute Gasteiger partial charge is 0.467 e. The second kappa shape index (κ2) is 7.88. The van der Waals surface area contributed by atoms with Crippen LogP contribution < -0.4 is 5.23 Å². The summed E-state index contributed by atoms with van der Waals surface area (Å²) in [7, 11) is 3.86. The van der Waals surface area contributed by atoms with Gasteiger partial charge in [-0.05, 0) is 24.1 Å². The van der Waals surface area contributed by atoms with Gasteiger partial charge in [-0.25, -0.2) is 9.18 Å². The van der Waals surface area contributed by atoms with Crippen molar-refractivity contribution in [1.29, 1.82) is 0 Å². The molecular formula is C12H16BFNO4. The van der Waals surface area contributed by atoms with Gasteiger partial charge in [-0.15, -0.1) is 0 Å². The van der Waals surface area contributed by atoms with E-state index >= 15 is 0 Å². The maximum absolute atomic E-state index is 13.1. The normalized spacial score (nSPS) is 13.7. The molecular weight excluding hydrogens is 252 g/mol. The first-order chi connectivity index (χ1) is 9.08. The number of aliphatic hydroxyl groups is 1. The van der Waals surface area contributed by atoms with Gasteiger partial charge in [0.1, 0.15) is 5.82 Å². The minimum Gasteiger partial charge on any atom is -0.467 e. The number of esters is 1. The molecule has 0 amide bonds. The Labute approximate surface area is 112 Å². The van der Waals surface area contributed by atoms with Gasteiger partial charge in [0.05, 0.1) is 7.11 Å². The fraction of sp³-hybridized carbons (Fsp3) is 0.417. The SMILES string of the molecule is CO[B]NC(Cc1cccc(F)c1)[C@@H](O)C(=O)OC. The molecule has 7 heteroatoms. The molecule has 0 bridgehead atoms. The average molecular weight is 268 g/mol. The van der Waals surface area contributed by atoms with Crippen LogP contribution in [0.3, 0.4) is 0 Å². The first-order valence-corrected chi connectivity index (χ1v) is 5.69. The summed E-state index contributed by atoms with van der Waals surface area (Å²) in [6.45, 7) is 0. The highest BCUT2D eigenvalue weighted by Gasteiger charge is 2.27. The third kappa shape index (κ3) is 4.98. The predicted octanol–water partition coefficient (Wildman–Crippen LogP) is 0.0409. The van der Waals surface area contributed by atoms with Gasteiger partial charge in [0.15, 0.2) is 6.10 Å². The van der Waals surface area contributed by atoms with Gasteiger partial charge in [-0.1, -0.05) is 12.1 Å². The van der Waals surface area contributed by atoms with Crippen molar-refractivity contribution in [3.05, 3.63) is 35.6 Å². The molecule has 0 aliphatic rings. The summed E-state index contributed by atoms with van der Waals surface area (Å²) in [4.78, 5) is 11.3. The highest BCUT2D eigenvalue weighted by atomic mass is 19.1. The van der Waals surface area contributed by atoms with Crippen molar-refractivity contribution in [3.63, 3.8) is 0 Å². The van der Waals surface area contributed by atoms with E-state index in [4.69, 9.17) is 4.65 Å². The van der Waals surface area contributed by atoms with Crippen LogP contribution >= 0.6 is 0 Å². The third-order valence-corrected chi connectivity index (χ3v) is 2.57. The van der Waals surface area contributed by atoms with E-state index in [1.165, 1.54) is 34.0 Å². The lowest BCUT2D eigenvalue weighted by Gasteiger charge is -2.22. The molecule has 2 atom stereocenters. The number of benzene rings is 1. The highest BCUT2D eigenvalue weighted by molar-refractivity contribution is 6.23. The van der Waals surface area contributed by atoms with Crippen LogP contribution in [-0.2, 0) is 20.6 Å². The Bertz CT molecular complexity index is 418. The fourth-order valence-corrected chi connectivity index (χ4v) is 1.62. The van der Waals surface area contributed by atoms with Gasteiger partial charge in [0, 0.05) is 13.2 Å². The number of aliphatic hydroxyl groups excluding tert-OH is 1. The molecule has 103 valence electrons. The smallest absolute Gasteiger partial charge is 0.395 e. The maximum Gasteiger partial charge on any atom is 0.395 e. The Hall–Kier alpha value is -1.44. The van der Waals surface area contributed by atoms with Gasteiger partial charge in [0.2, 0.25) is 0 Å². The van der Waals surface area contributed by atoms with Crippen LogP contribution in [0.4, 0.5) is 4.39 Å². The molecule has 0 aliphatic heterocycles. The molecule has 1 unspecified atom stereocenters. The second-order valence-corrected chi connectivity index (χ2v) is 3.93. The summed E-state index contributed by atoms with van der Waals surface area (Å²) in [5.41, 5.74) is 0.643. The Balaban J connectivity index is 2.76. The van der Waals surface area contributed by atoms with Gasteiger partial charge < -0.3 is 19.7 Å². The molecule has 1 aromatic rings. The third-order valence-electron chi connectivity index (χ3n) is 2.57. The Morgan fingerprint density at radius 3 is 2.84 bits per heavy atom. The number of ether oxygens (including phenoxy) is 1. The van der Waals surface area contributed by atoms with Crippen molar-refractivity contribution in [2.75, 3.05) is 14.2 Å². The van der Waals surface area contributed by atoms with Gasteiger partial charge in [-0.3, -0.25) is 0 Å². The molecule has 2 N–H and O–H groups in total. The van der Waals surface area contributed by atoms with Crippen molar-refractivity contribution in [2.45, 2.75) is 18.6 Å². The van der Waals surface area contributed by atoms with Gasteiger partial charge in [-0.2, -0.15) is 0 Å². The van der Waals surface area contributed by atoms with E-state index in [1.807, 2.05) is 0 Å². The highest BCUT2D eigenvalue weighted by Crippen LogP contribution is 2.09. The number of carbonyl (C=O) groups is 1. The van der Waals surface area contributed by atoms with Crippen molar-refractivity contribution in [2.24, 2.45) is 0 Å². The van der Waals surface area contributed by atoms with E-state index < -0.39 is 18.1 Å². The van der Waals surface area contributed by atoms with Crippen molar-refractivity contribution in [3.8, 4) is 0 Å². The van der Waals surface area contributed by atoms with Crippen LogP contribution in [-0.4, -0.2) is 45.1 Å². The Kier molecular flexibility index (Phi) is 6.48. The number of carbonyl (C=O) groups excluding carboxylic acids is 1. The van der Waals surface area contributed by atoms with E-state index in [0.717, 1.165) is 0 Å². The van der Waals surface area contributed by atoms with Crippen LogP contribution in [0.15, 0.2) is 24.3 Å². The molecule has 0 fully saturated rings. The number of rotatable bonds is 7. The summed E-state index contributed by atoms with van der Waals surface area (Å²) >= 11 is 0. The summed E-state index contributed by atoms with van der Waals surface area (Å²) in [5, 5.41) is 12.6. The lowest BCUT2D eigenvalue weighted by Crippen LogP contribution is -2.48. The zero-order chi connectivity index (χ0) is 14.3. The minimum absolute atomic E-state index is 0.244. The zero-order valence-corrected chi connectivity index (χ0v) is 10.8. The molecule has 0 aliphatic carbocycles. The molecule has 19 heavy (non-hydrogen) atoms. The number of methoxy groups -OCH3 is 1. The standard InChI is InChI=1S/C12H16BFNO4/c1-18-12(17)11(16)10(15-13-19-2)7-8-4-3-5-9(14)6-8/h3-6,10-11,15-16H,7H2,1-2H3/t10?,11-/m1/s1. The van der Waals surface area contributed by atoms with Crippen LogP contribution in [0, 0.1) is 5.82 Å². The van der Waals surface area contributed by atoms with E-state index in [1.54, 1.807) is 12.1 Å². The number of hydrogen-bond donors (Lipinski definition) is 2. The molecule has 1 aromatic carbocycles. The lowest BCUT2D eigenvalue weighted by atomic mass is 9.98. The first-order valence-electron chi connectivity index (χ1n) is 5.69. The maximum atomic E-state index is 13.1. The van der Waals surface area contributed by atoms with Gasteiger partial charge in [0.25, 0.3) is 0 Å². The van der Waals surface area contributed by atoms with Gasteiger partial charge >= 0.3 is 13.6 Å². The first kappa shape index (κ1) is 15.6. The van der Waals surface area contributed by atoms with E-state index in [2.05, 4.69) is 9.96 Å². The summed E-state index contributed by atoms with van der Waals surface area (Å²) < 4.78 is 22.3. The Morgan fingerprint density at radius 2 is 2.26 bits per heavy atom. The van der Waals surface area contributed by atoms with Crippen LogP contribution in [0.5, 0.6) is 0 Å². The monoisotopic (exact) mass is 268 g/mol. The van der Waals surface area contributed by atoms with Crippen molar-refractivity contribution >= 4 is 13.6 Å². The molecule has 0 heterocycles. The van der Waals surface area contributed by atoms with E-state index in [9.17, 15) is 14.3 Å². The molecule has 1 radical (unpaired) electrons. The fourth-order valence-electron chi connectivity index (χ4n) is 1.62. The van der Waals surface area contributed by atoms with Crippen molar-refractivity contribution in [1.82, 2.24) is 5.23 Å². The van der Waals surface area contributed by atoms with Crippen LogP contribution in [0.2, 0.25) is 0 Å². The molecule has 0 aromatic heterocycles. The Morgan fingerprint density at radius 1 is 1.53 bits per heavy atom. The molecule has 1 rings (SSSR count). The molecule has 0 saturated heterocycles. The number of halogens is 1. The van der Waals surface area contributed by atoms with E-state index in [-0.39, 0.29) is 12.2 Å². The lowest BCUT2D eigenvalue weighted by molar-refractivity contribution is -0.151. The zero-order valence-electron chi connectivity index (χ0n) is 10.8. The quantitative estimate of drug-likeness (QED) is 0.540. The topological polar surface area (TPSA) is 67.8 Å².